The highest BCUT2D eigenvalue weighted by Crippen LogP contribution is 2.30. The third-order valence-corrected chi connectivity index (χ3v) is 4.39. The lowest BCUT2D eigenvalue weighted by Crippen LogP contribution is -2.36. The predicted octanol–water partition coefficient (Wildman–Crippen LogP) is 3.65. The highest BCUT2D eigenvalue weighted by atomic mass is 19.1. The monoisotopic (exact) mass is 351 g/mol. The van der Waals surface area contributed by atoms with E-state index in [1.807, 2.05) is 36.2 Å². The van der Waals surface area contributed by atoms with Crippen molar-refractivity contribution in [1.82, 2.24) is 9.97 Å². The van der Waals surface area contributed by atoms with Crippen LogP contribution in [0.4, 0.5) is 26.5 Å². The van der Waals surface area contributed by atoms with Crippen LogP contribution in [0.2, 0.25) is 0 Å². The minimum Gasteiger partial charge on any atom is -0.357 e. The Bertz CT molecular complexity index is 977. The molecule has 1 aliphatic heterocycles. The summed E-state index contributed by atoms with van der Waals surface area (Å²) in [5.74, 6) is 0.653. The predicted molar refractivity (Wildman–Crippen MR) is 100 cm³/mol. The number of fused-ring (bicyclic) bond motifs is 2. The minimum absolute atomic E-state index is 0.144. The molecule has 7 heteroatoms. The Morgan fingerprint density at radius 2 is 1.65 bits per heavy atom. The number of carbonyl (C=O) groups excluding carboxylic acids is 1. The van der Waals surface area contributed by atoms with Crippen LogP contribution in [0.25, 0.3) is 11.0 Å². The van der Waals surface area contributed by atoms with Crippen molar-refractivity contribution in [1.29, 1.82) is 0 Å². The molecule has 0 saturated carbocycles. The van der Waals surface area contributed by atoms with E-state index in [0.717, 1.165) is 18.5 Å². The Morgan fingerprint density at radius 1 is 1.00 bits per heavy atom. The van der Waals surface area contributed by atoms with Crippen molar-refractivity contribution in [3.63, 3.8) is 0 Å². The van der Waals surface area contributed by atoms with Gasteiger partial charge in [0.25, 0.3) is 0 Å². The number of rotatable bonds is 1. The number of amides is 2. The van der Waals surface area contributed by atoms with Crippen LogP contribution in [-0.2, 0) is 0 Å². The van der Waals surface area contributed by atoms with E-state index in [2.05, 4.69) is 15.3 Å². The highest BCUT2D eigenvalue weighted by molar-refractivity contribution is 6.03. The number of nitrogens with zero attached hydrogens (tertiary/aromatic N) is 4. The van der Waals surface area contributed by atoms with Gasteiger partial charge in [-0.1, -0.05) is 24.3 Å². The third-order valence-electron chi connectivity index (χ3n) is 4.39. The van der Waals surface area contributed by atoms with E-state index in [1.165, 1.54) is 17.0 Å². The van der Waals surface area contributed by atoms with Gasteiger partial charge >= 0.3 is 6.03 Å². The van der Waals surface area contributed by atoms with Crippen LogP contribution in [0.3, 0.4) is 0 Å². The van der Waals surface area contributed by atoms with Gasteiger partial charge in [0.15, 0.2) is 11.6 Å². The normalized spacial score (nSPS) is 14.1. The second kappa shape index (κ2) is 6.59. The Morgan fingerprint density at radius 3 is 2.38 bits per heavy atom. The number of urea groups is 1. The number of aromatic nitrogens is 2. The molecule has 0 bridgehead atoms. The minimum atomic E-state index is -0.474. The van der Waals surface area contributed by atoms with Crippen LogP contribution in [0.15, 0.2) is 48.5 Å². The first-order valence-corrected chi connectivity index (χ1v) is 8.44. The van der Waals surface area contributed by atoms with Gasteiger partial charge in [-0.2, -0.15) is 0 Å². The smallest absolute Gasteiger partial charge is 0.327 e. The number of carbonyl (C=O) groups is 1. The molecule has 2 heterocycles. The molecule has 4 rings (SSSR count). The number of hydrogen-bond acceptors (Lipinski definition) is 4. The Balaban J connectivity index is 1.75. The molecule has 1 N–H and O–H groups in total. The van der Waals surface area contributed by atoms with Crippen LogP contribution in [0.5, 0.6) is 0 Å². The van der Waals surface area contributed by atoms with Gasteiger partial charge in [0.1, 0.15) is 5.82 Å². The van der Waals surface area contributed by atoms with Crippen molar-refractivity contribution in [3.05, 3.63) is 54.3 Å². The molecule has 1 aliphatic rings. The van der Waals surface area contributed by atoms with Crippen molar-refractivity contribution in [2.45, 2.75) is 6.42 Å². The van der Waals surface area contributed by atoms with Gasteiger partial charge in [-0.05, 0) is 30.7 Å². The second-order valence-corrected chi connectivity index (χ2v) is 6.20. The van der Waals surface area contributed by atoms with Gasteiger partial charge in [-0.25, -0.2) is 19.2 Å². The topological polar surface area (TPSA) is 61.4 Å². The van der Waals surface area contributed by atoms with Crippen LogP contribution < -0.4 is 15.1 Å². The average Bonchev–Trinajstić information content (AvgIpc) is 2.81. The molecular weight excluding hydrogens is 333 g/mol. The zero-order valence-electron chi connectivity index (χ0n) is 14.3. The van der Waals surface area contributed by atoms with Crippen molar-refractivity contribution in [2.24, 2.45) is 0 Å². The van der Waals surface area contributed by atoms with Crippen molar-refractivity contribution >= 4 is 34.4 Å². The molecule has 0 aliphatic carbocycles. The lowest BCUT2D eigenvalue weighted by atomic mass is 10.3. The van der Waals surface area contributed by atoms with E-state index in [0.29, 0.717) is 23.7 Å². The lowest BCUT2D eigenvalue weighted by Gasteiger charge is -2.23. The summed E-state index contributed by atoms with van der Waals surface area (Å²) >= 11 is 0. The maximum absolute atomic E-state index is 13.9. The van der Waals surface area contributed by atoms with Gasteiger partial charge in [0.05, 0.1) is 16.7 Å². The largest absolute Gasteiger partial charge is 0.357 e. The van der Waals surface area contributed by atoms with E-state index < -0.39 is 11.8 Å². The molecule has 0 radical (unpaired) electrons. The summed E-state index contributed by atoms with van der Waals surface area (Å²) in [4.78, 5) is 25.7. The van der Waals surface area contributed by atoms with Crippen LogP contribution in [0, 0.1) is 5.82 Å². The molecule has 2 amide bonds. The van der Waals surface area contributed by atoms with Crippen LogP contribution in [0.1, 0.15) is 6.42 Å². The molecule has 26 heavy (non-hydrogen) atoms. The van der Waals surface area contributed by atoms with Crippen LogP contribution in [-0.4, -0.2) is 36.1 Å². The first-order valence-electron chi connectivity index (χ1n) is 8.44. The molecule has 0 saturated heterocycles. The molecule has 132 valence electrons. The number of hydrogen-bond donors (Lipinski definition) is 1. The molecule has 2 aromatic carbocycles. The van der Waals surface area contributed by atoms with E-state index >= 15 is 0 Å². The quantitative estimate of drug-likeness (QED) is 0.727. The number of halogens is 1. The zero-order chi connectivity index (χ0) is 18.1. The SMILES string of the molecule is CN1CCCN(C(=O)Nc2ccccc2F)c2nc3ccccc3nc21. The molecular formula is C19H18FN5O. The van der Waals surface area contributed by atoms with Crippen molar-refractivity contribution < 1.29 is 9.18 Å². The zero-order valence-corrected chi connectivity index (χ0v) is 14.3. The average molecular weight is 351 g/mol. The van der Waals surface area contributed by atoms with Crippen molar-refractivity contribution in [2.75, 3.05) is 35.3 Å². The summed E-state index contributed by atoms with van der Waals surface area (Å²) in [5, 5.41) is 2.64. The Labute approximate surface area is 150 Å². The molecule has 0 spiro atoms. The number of para-hydroxylation sites is 3. The van der Waals surface area contributed by atoms with Crippen molar-refractivity contribution in [3.8, 4) is 0 Å². The summed E-state index contributed by atoms with van der Waals surface area (Å²) in [6, 6.07) is 13.2. The molecule has 0 unspecified atom stereocenters. The van der Waals surface area contributed by atoms with Gasteiger partial charge in [-0.15, -0.1) is 0 Å². The Hall–Kier alpha value is -3.22. The van der Waals surface area contributed by atoms with Gasteiger partial charge < -0.3 is 10.2 Å². The van der Waals surface area contributed by atoms with Gasteiger partial charge in [0, 0.05) is 20.1 Å². The number of benzene rings is 2. The molecule has 3 aromatic rings. The number of nitrogens with one attached hydrogen (secondary N) is 1. The van der Waals surface area contributed by atoms with Gasteiger partial charge in [0.2, 0.25) is 0 Å². The fraction of sp³-hybridized carbons (Fsp3) is 0.211. The first-order chi connectivity index (χ1) is 12.6. The van der Waals surface area contributed by atoms with Crippen LogP contribution >= 0.6 is 0 Å². The molecule has 6 nitrogen and oxygen atoms in total. The standard InChI is InChI=1S/C19H18FN5O/c1-24-11-6-12-25(19(26)23-14-8-3-2-7-13(14)20)18-17(24)21-15-9-4-5-10-16(15)22-18/h2-5,7-10H,6,11-12H2,1H3,(H,23,26). The summed E-state index contributed by atoms with van der Waals surface area (Å²) in [5.41, 5.74) is 1.63. The first kappa shape index (κ1) is 16.3. The maximum atomic E-state index is 13.9. The fourth-order valence-electron chi connectivity index (χ4n) is 3.04. The third kappa shape index (κ3) is 2.92. The Kier molecular flexibility index (Phi) is 4.12. The van der Waals surface area contributed by atoms with E-state index in [-0.39, 0.29) is 5.69 Å². The van der Waals surface area contributed by atoms with E-state index in [1.54, 1.807) is 12.1 Å². The lowest BCUT2D eigenvalue weighted by molar-refractivity contribution is 0.256. The van der Waals surface area contributed by atoms with E-state index in [9.17, 15) is 9.18 Å². The fourth-order valence-corrected chi connectivity index (χ4v) is 3.04. The summed E-state index contributed by atoms with van der Waals surface area (Å²) in [6.45, 7) is 1.23. The summed E-state index contributed by atoms with van der Waals surface area (Å²) in [6.07, 6.45) is 0.760. The summed E-state index contributed by atoms with van der Waals surface area (Å²) in [7, 11) is 1.93. The maximum Gasteiger partial charge on any atom is 0.327 e. The molecule has 0 atom stereocenters. The molecule has 0 fully saturated rings. The second-order valence-electron chi connectivity index (χ2n) is 6.20. The van der Waals surface area contributed by atoms with E-state index in [4.69, 9.17) is 0 Å². The summed E-state index contributed by atoms with van der Waals surface area (Å²) < 4.78 is 13.9. The molecule has 1 aromatic heterocycles. The van der Waals surface area contributed by atoms with Gasteiger partial charge in [-0.3, -0.25) is 4.90 Å². The highest BCUT2D eigenvalue weighted by Gasteiger charge is 2.27. The number of anilines is 3.